The van der Waals surface area contributed by atoms with Crippen molar-refractivity contribution in [1.82, 2.24) is 10.3 Å². The summed E-state index contributed by atoms with van der Waals surface area (Å²) in [5.74, 6) is 0.923. The van der Waals surface area contributed by atoms with Gasteiger partial charge in [0.15, 0.2) is 0 Å². The Morgan fingerprint density at radius 1 is 1.14 bits per heavy atom. The lowest BCUT2D eigenvalue weighted by atomic mass is 10.2. The zero-order chi connectivity index (χ0) is 14.7. The number of rotatable bonds is 6. The van der Waals surface area contributed by atoms with Gasteiger partial charge in [-0.05, 0) is 53.0 Å². The summed E-state index contributed by atoms with van der Waals surface area (Å²) in [7, 11) is 0. The monoisotopic (exact) mass is 410 g/mol. The predicted molar refractivity (Wildman–Crippen MR) is 90.3 cm³/mol. The molecular weight excluding hydrogens is 396 g/mol. The van der Waals surface area contributed by atoms with Crippen molar-refractivity contribution in [2.45, 2.75) is 32.0 Å². The van der Waals surface area contributed by atoms with Gasteiger partial charge in [0.05, 0.1) is 0 Å². The maximum Gasteiger partial charge on any atom is 0.124 e. The van der Waals surface area contributed by atoms with Gasteiger partial charge >= 0.3 is 0 Å². The molecule has 2 aromatic rings. The summed E-state index contributed by atoms with van der Waals surface area (Å²) in [6.45, 7) is 1.36. The van der Waals surface area contributed by atoms with Crippen molar-refractivity contribution < 1.29 is 4.74 Å². The number of ether oxygens (including phenoxy) is 1. The molecule has 1 saturated carbocycles. The second-order valence-electron chi connectivity index (χ2n) is 5.21. The Hall–Kier alpha value is -0.910. The van der Waals surface area contributed by atoms with Crippen LogP contribution in [-0.2, 0) is 13.2 Å². The molecule has 1 N–H and O–H groups in total. The van der Waals surface area contributed by atoms with Crippen LogP contribution in [0, 0.1) is 0 Å². The molecule has 1 fully saturated rings. The molecular formula is C16H16Br2N2O. The van der Waals surface area contributed by atoms with Gasteiger partial charge in [0, 0.05) is 45.1 Å². The van der Waals surface area contributed by atoms with E-state index in [9.17, 15) is 0 Å². The molecule has 21 heavy (non-hydrogen) atoms. The highest BCUT2D eigenvalue weighted by Crippen LogP contribution is 2.26. The fourth-order valence-corrected chi connectivity index (χ4v) is 2.89. The maximum atomic E-state index is 5.96. The smallest absolute Gasteiger partial charge is 0.124 e. The summed E-state index contributed by atoms with van der Waals surface area (Å²) in [6, 6.07) is 8.85. The third-order valence-electron chi connectivity index (χ3n) is 3.34. The zero-order valence-electron chi connectivity index (χ0n) is 11.5. The average Bonchev–Trinajstić information content (AvgIpc) is 3.28. The van der Waals surface area contributed by atoms with E-state index in [1.165, 1.54) is 18.4 Å². The third kappa shape index (κ3) is 4.53. The first-order valence-electron chi connectivity index (χ1n) is 6.95. The van der Waals surface area contributed by atoms with Crippen LogP contribution in [0.15, 0.2) is 45.6 Å². The number of halogens is 2. The van der Waals surface area contributed by atoms with E-state index in [-0.39, 0.29) is 0 Å². The number of benzene rings is 1. The third-order valence-corrected chi connectivity index (χ3v) is 4.26. The van der Waals surface area contributed by atoms with Crippen molar-refractivity contribution in [2.24, 2.45) is 0 Å². The zero-order valence-corrected chi connectivity index (χ0v) is 14.7. The highest BCUT2D eigenvalue weighted by Gasteiger charge is 2.20. The molecule has 0 bridgehead atoms. The normalized spacial score (nSPS) is 14.2. The molecule has 0 saturated heterocycles. The highest BCUT2D eigenvalue weighted by atomic mass is 79.9. The van der Waals surface area contributed by atoms with Gasteiger partial charge in [0.2, 0.25) is 0 Å². The number of hydrogen-bond acceptors (Lipinski definition) is 3. The summed E-state index contributed by atoms with van der Waals surface area (Å²) >= 11 is 6.95. The Labute approximate surface area is 141 Å². The van der Waals surface area contributed by atoms with E-state index in [4.69, 9.17) is 4.74 Å². The van der Waals surface area contributed by atoms with Crippen LogP contribution in [0.3, 0.4) is 0 Å². The number of nitrogens with one attached hydrogen (secondary N) is 1. The maximum absolute atomic E-state index is 5.96. The molecule has 5 heteroatoms. The molecule has 0 radical (unpaired) electrons. The molecule has 0 unspecified atom stereocenters. The second kappa shape index (κ2) is 6.90. The highest BCUT2D eigenvalue weighted by molar-refractivity contribution is 9.10. The molecule has 1 heterocycles. The minimum Gasteiger partial charge on any atom is -0.489 e. The van der Waals surface area contributed by atoms with E-state index in [0.717, 1.165) is 26.8 Å². The van der Waals surface area contributed by atoms with Gasteiger partial charge in [-0.25, -0.2) is 0 Å². The van der Waals surface area contributed by atoms with Gasteiger partial charge < -0.3 is 10.1 Å². The molecule has 1 aliphatic rings. The number of pyridine rings is 1. The van der Waals surface area contributed by atoms with Crippen LogP contribution in [0.4, 0.5) is 0 Å². The van der Waals surface area contributed by atoms with Crippen LogP contribution in [-0.4, -0.2) is 11.0 Å². The van der Waals surface area contributed by atoms with E-state index in [0.29, 0.717) is 12.6 Å². The van der Waals surface area contributed by atoms with Gasteiger partial charge in [0.25, 0.3) is 0 Å². The molecule has 0 aliphatic heterocycles. The van der Waals surface area contributed by atoms with E-state index < -0.39 is 0 Å². The van der Waals surface area contributed by atoms with Crippen molar-refractivity contribution in [3.05, 3.63) is 56.7 Å². The Morgan fingerprint density at radius 3 is 2.76 bits per heavy atom. The van der Waals surface area contributed by atoms with Gasteiger partial charge in [0.1, 0.15) is 12.4 Å². The van der Waals surface area contributed by atoms with E-state index in [1.54, 1.807) is 6.20 Å². The molecule has 3 rings (SSSR count). The van der Waals surface area contributed by atoms with Gasteiger partial charge in [-0.3, -0.25) is 4.98 Å². The summed E-state index contributed by atoms with van der Waals surface area (Å²) in [6.07, 6.45) is 6.17. The van der Waals surface area contributed by atoms with Gasteiger partial charge in [-0.15, -0.1) is 0 Å². The molecule has 110 valence electrons. The molecule has 1 aliphatic carbocycles. The summed E-state index contributed by atoms with van der Waals surface area (Å²) < 4.78 is 8.01. The second-order valence-corrected chi connectivity index (χ2v) is 7.04. The van der Waals surface area contributed by atoms with Crippen LogP contribution >= 0.6 is 31.9 Å². The number of aromatic nitrogens is 1. The fourth-order valence-electron chi connectivity index (χ4n) is 2.06. The Morgan fingerprint density at radius 2 is 2.00 bits per heavy atom. The molecule has 3 nitrogen and oxygen atoms in total. The van der Waals surface area contributed by atoms with Crippen LogP contribution in [0.1, 0.15) is 24.0 Å². The van der Waals surface area contributed by atoms with Crippen molar-refractivity contribution in [3.63, 3.8) is 0 Å². The van der Waals surface area contributed by atoms with Gasteiger partial charge in [-0.1, -0.05) is 15.9 Å². The van der Waals surface area contributed by atoms with Crippen molar-refractivity contribution in [2.75, 3.05) is 0 Å². The summed E-state index contributed by atoms with van der Waals surface area (Å²) in [4.78, 5) is 4.15. The minimum absolute atomic E-state index is 0.518. The summed E-state index contributed by atoms with van der Waals surface area (Å²) in [5.41, 5.74) is 2.23. The lowest BCUT2D eigenvalue weighted by Crippen LogP contribution is -2.16. The van der Waals surface area contributed by atoms with Crippen molar-refractivity contribution in [3.8, 4) is 5.75 Å². The first-order valence-corrected chi connectivity index (χ1v) is 8.53. The minimum atomic E-state index is 0.518. The molecule has 0 amide bonds. The lowest BCUT2D eigenvalue weighted by Gasteiger charge is -2.13. The molecule has 1 aromatic carbocycles. The Balaban J connectivity index is 1.68. The molecule has 1 aromatic heterocycles. The van der Waals surface area contributed by atoms with Crippen LogP contribution in [0.5, 0.6) is 5.75 Å². The quantitative estimate of drug-likeness (QED) is 0.762. The van der Waals surface area contributed by atoms with E-state index in [1.807, 2.05) is 24.4 Å². The number of hydrogen-bond donors (Lipinski definition) is 1. The largest absolute Gasteiger partial charge is 0.489 e. The standard InChI is InChI=1S/C16H16Br2N2O/c17-13-1-4-16(12(6-13)8-20-15-2-3-15)21-10-11-5-14(18)9-19-7-11/h1,4-7,9,15,20H,2-3,8,10H2. The van der Waals surface area contributed by atoms with Gasteiger partial charge in [-0.2, -0.15) is 0 Å². The lowest BCUT2D eigenvalue weighted by molar-refractivity contribution is 0.301. The van der Waals surface area contributed by atoms with E-state index in [2.05, 4.69) is 48.2 Å². The first kappa shape index (κ1) is 15.0. The molecule has 0 atom stereocenters. The van der Waals surface area contributed by atoms with Crippen LogP contribution < -0.4 is 10.1 Å². The summed E-state index contributed by atoms with van der Waals surface area (Å²) in [5, 5.41) is 3.53. The Bertz CT molecular complexity index is 629. The SMILES string of the molecule is Brc1cncc(COc2ccc(Br)cc2CNC2CC2)c1. The Kier molecular flexibility index (Phi) is 4.93. The van der Waals surface area contributed by atoms with Crippen LogP contribution in [0.25, 0.3) is 0 Å². The molecule has 0 spiro atoms. The predicted octanol–water partition coefficient (Wildman–Crippen LogP) is 4.44. The van der Waals surface area contributed by atoms with Crippen LogP contribution in [0.2, 0.25) is 0 Å². The fraction of sp³-hybridized carbons (Fsp3) is 0.312. The average molecular weight is 412 g/mol. The number of nitrogens with zero attached hydrogens (tertiary/aromatic N) is 1. The first-order chi connectivity index (χ1) is 10.2. The van der Waals surface area contributed by atoms with E-state index >= 15 is 0 Å². The topological polar surface area (TPSA) is 34.1 Å². The van der Waals surface area contributed by atoms with Crippen molar-refractivity contribution >= 4 is 31.9 Å². The van der Waals surface area contributed by atoms with Crippen molar-refractivity contribution in [1.29, 1.82) is 0 Å².